The second-order valence-corrected chi connectivity index (χ2v) is 5.73. The van der Waals surface area contributed by atoms with Gasteiger partial charge in [0.15, 0.2) is 0 Å². The van der Waals surface area contributed by atoms with Crippen LogP contribution in [0.15, 0.2) is 35.9 Å². The van der Waals surface area contributed by atoms with E-state index in [0.717, 1.165) is 31.3 Å². The van der Waals surface area contributed by atoms with Crippen LogP contribution in [0, 0.1) is 0 Å². The van der Waals surface area contributed by atoms with Gasteiger partial charge in [-0.3, -0.25) is 9.59 Å². The predicted octanol–water partition coefficient (Wildman–Crippen LogP) is 3.69. The highest BCUT2D eigenvalue weighted by atomic mass is 19.4. The van der Waals surface area contributed by atoms with Gasteiger partial charge in [-0.05, 0) is 43.4 Å². The summed E-state index contributed by atoms with van der Waals surface area (Å²) in [4.78, 5) is 22.8. The van der Waals surface area contributed by atoms with Gasteiger partial charge < -0.3 is 10.6 Å². The van der Waals surface area contributed by atoms with E-state index in [4.69, 9.17) is 0 Å². The maximum atomic E-state index is 12.2. The molecule has 7 heteroatoms. The number of carbonyl (C=O) groups excluding carboxylic acids is 2. The van der Waals surface area contributed by atoms with Crippen LogP contribution < -0.4 is 10.6 Å². The maximum Gasteiger partial charge on any atom is 0.471 e. The molecule has 0 atom stereocenters. The van der Waals surface area contributed by atoms with Crippen molar-refractivity contribution in [2.75, 3.05) is 5.32 Å². The van der Waals surface area contributed by atoms with Crippen LogP contribution in [0.25, 0.3) is 0 Å². The summed E-state index contributed by atoms with van der Waals surface area (Å²) in [6.45, 7) is -0.261. The van der Waals surface area contributed by atoms with Crippen LogP contribution in [0.3, 0.4) is 0 Å². The lowest BCUT2D eigenvalue weighted by Crippen LogP contribution is -2.36. The molecule has 0 spiro atoms. The standard InChI is InChI=1S/C17H19F3N2O2/c18-17(19,20)16(24)21-11-13-7-4-8-14(9-13)22-15(23)10-12-5-2-1-3-6-12/h4,7-10H,1-3,5-6,11H2,(H,21,24)(H,22,23). The third-order valence-electron chi connectivity index (χ3n) is 3.74. The largest absolute Gasteiger partial charge is 0.471 e. The molecule has 2 N–H and O–H groups in total. The highest BCUT2D eigenvalue weighted by Gasteiger charge is 2.38. The molecule has 0 unspecified atom stereocenters. The van der Waals surface area contributed by atoms with Crippen LogP contribution in [0.1, 0.15) is 37.7 Å². The number of benzene rings is 1. The topological polar surface area (TPSA) is 58.2 Å². The number of allylic oxidation sites excluding steroid dienone is 1. The molecule has 1 fully saturated rings. The normalized spacial score (nSPS) is 14.9. The fourth-order valence-electron chi connectivity index (χ4n) is 2.56. The minimum atomic E-state index is -4.90. The molecule has 1 aromatic carbocycles. The van der Waals surface area contributed by atoms with Crippen molar-refractivity contribution in [3.05, 3.63) is 41.5 Å². The number of hydrogen-bond acceptors (Lipinski definition) is 2. The monoisotopic (exact) mass is 340 g/mol. The van der Waals surface area contributed by atoms with Crippen molar-refractivity contribution in [2.24, 2.45) is 0 Å². The number of rotatable bonds is 4. The first-order valence-electron chi connectivity index (χ1n) is 7.79. The van der Waals surface area contributed by atoms with Gasteiger partial charge in [-0.15, -0.1) is 0 Å². The molecule has 0 heterocycles. The first kappa shape index (κ1) is 18.0. The molecule has 130 valence electrons. The van der Waals surface area contributed by atoms with Crippen molar-refractivity contribution in [3.63, 3.8) is 0 Å². The molecule has 0 aromatic heterocycles. The highest BCUT2D eigenvalue weighted by molar-refractivity contribution is 5.99. The van der Waals surface area contributed by atoms with Gasteiger partial charge in [0.05, 0.1) is 0 Å². The minimum absolute atomic E-state index is 0.247. The van der Waals surface area contributed by atoms with Gasteiger partial charge in [-0.1, -0.05) is 24.1 Å². The Hall–Kier alpha value is -2.31. The van der Waals surface area contributed by atoms with Crippen molar-refractivity contribution in [1.29, 1.82) is 0 Å². The molecule has 2 rings (SSSR count). The number of carbonyl (C=O) groups is 2. The Bertz CT molecular complexity index is 631. The van der Waals surface area contributed by atoms with Crippen LogP contribution >= 0.6 is 0 Å². The zero-order valence-electron chi connectivity index (χ0n) is 13.1. The molecular weight excluding hydrogens is 321 g/mol. The average molecular weight is 340 g/mol. The fourth-order valence-corrected chi connectivity index (χ4v) is 2.56. The van der Waals surface area contributed by atoms with E-state index in [1.54, 1.807) is 29.6 Å². The maximum absolute atomic E-state index is 12.2. The van der Waals surface area contributed by atoms with Gasteiger partial charge in [0.2, 0.25) is 5.91 Å². The summed E-state index contributed by atoms with van der Waals surface area (Å²) in [7, 11) is 0. The van der Waals surface area contributed by atoms with E-state index >= 15 is 0 Å². The van der Waals surface area contributed by atoms with Crippen molar-refractivity contribution >= 4 is 17.5 Å². The zero-order chi connectivity index (χ0) is 17.6. The molecule has 2 amide bonds. The Morgan fingerprint density at radius 2 is 1.83 bits per heavy atom. The van der Waals surface area contributed by atoms with Gasteiger partial charge in [-0.2, -0.15) is 13.2 Å². The van der Waals surface area contributed by atoms with Gasteiger partial charge >= 0.3 is 12.1 Å². The molecule has 0 aliphatic heterocycles. The Morgan fingerprint density at radius 1 is 1.12 bits per heavy atom. The van der Waals surface area contributed by atoms with Gasteiger partial charge in [-0.25, -0.2) is 0 Å². The van der Waals surface area contributed by atoms with Crippen molar-refractivity contribution < 1.29 is 22.8 Å². The van der Waals surface area contributed by atoms with Crippen LogP contribution in [0.5, 0.6) is 0 Å². The molecule has 0 saturated heterocycles. The number of amides is 2. The van der Waals surface area contributed by atoms with Crippen LogP contribution in [0.2, 0.25) is 0 Å². The highest BCUT2D eigenvalue weighted by Crippen LogP contribution is 2.22. The molecule has 0 bridgehead atoms. The van der Waals surface area contributed by atoms with Crippen molar-refractivity contribution in [3.8, 4) is 0 Å². The second-order valence-electron chi connectivity index (χ2n) is 5.73. The Morgan fingerprint density at radius 3 is 2.50 bits per heavy atom. The van der Waals surface area contributed by atoms with Crippen LogP contribution in [-0.4, -0.2) is 18.0 Å². The Labute approximate surface area is 138 Å². The molecule has 1 saturated carbocycles. The fraction of sp³-hybridized carbons (Fsp3) is 0.412. The van der Waals surface area contributed by atoms with Crippen LogP contribution in [-0.2, 0) is 16.1 Å². The molecule has 1 aromatic rings. The van der Waals surface area contributed by atoms with Gasteiger partial charge in [0, 0.05) is 18.3 Å². The number of nitrogens with one attached hydrogen (secondary N) is 2. The van der Waals surface area contributed by atoms with E-state index in [1.165, 1.54) is 12.5 Å². The molecule has 0 radical (unpaired) electrons. The second kappa shape index (κ2) is 7.99. The average Bonchev–Trinajstić information content (AvgIpc) is 2.53. The summed E-state index contributed by atoms with van der Waals surface area (Å²) in [6, 6.07) is 6.37. The summed E-state index contributed by atoms with van der Waals surface area (Å²) in [5.74, 6) is -2.23. The predicted molar refractivity (Wildman–Crippen MR) is 84.1 cm³/mol. The van der Waals surface area contributed by atoms with Crippen molar-refractivity contribution in [1.82, 2.24) is 5.32 Å². The molecule has 24 heavy (non-hydrogen) atoms. The van der Waals surface area contributed by atoms with Gasteiger partial charge in [0.25, 0.3) is 0 Å². The van der Waals surface area contributed by atoms with Crippen molar-refractivity contribution in [2.45, 2.75) is 44.8 Å². The molecular formula is C17H19F3N2O2. The summed E-state index contributed by atoms with van der Waals surface area (Å²) in [6.07, 6.45) is 1.91. The first-order valence-corrected chi connectivity index (χ1v) is 7.79. The molecule has 1 aliphatic rings. The number of halogens is 3. The summed E-state index contributed by atoms with van der Waals surface area (Å²) in [5, 5.41) is 4.49. The van der Waals surface area contributed by atoms with Gasteiger partial charge in [0.1, 0.15) is 0 Å². The SMILES string of the molecule is O=C(C=C1CCCCC1)Nc1cccc(CNC(=O)C(F)(F)F)c1. The van der Waals surface area contributed by atoms with E-state index in [1.807, 2.05) is 0 Å². The minimum Gasteiger partial charge on any atom is -0.344 e. The lowest BCUT2D eigenvalue weighted by atomic mass is 9.94. The first-order chi connectivity index (χ1) is 11.3. The third-order valence-corrected chi connectivity index (χ3v) is 3.74. The Kier molecular flexibility index (Phi) is 6.00. The van der Waals surface area contributed by atoms with E-state index in [-0.39, 0.29) is 12.5 Å². The quantitative estimate of drug-likeness (QED) is 0.821. The number of anilines is 1. The lowest BCUT2D eigenvalue weighted by Gasteiger charge is -2.13. The van der Waals surface area contributed by atoms with E-state index in [0.29, 0.717) is 11.3 Å². The molecule has 4 nitrogen and oxygen atoms in total. The summed E-state index contributed by atoms with van der Waals surface area (Å²) in [5.41, 5.74) is 2.06. The Balaban J connectivity index is 1.92. The van der Waals surface area contributed by atoms with Crippen LogP contribution in [0.4, 0.5) is 18.9 Å². The summed E-state index contributed by atoms with van der Waals surface area (Å²) >= 11 is 0. The molecule has 1 aliphatic carbocycles. The lowest BCUT2D eigenvalue weighted by molar-refractivity contribution is -0.173. The number of hydrogen-bond donors (Lipinski definition) is 2. The van der Waals surface area contributed by atoms with E-state index in [2.05, 4.69) is 5.32 Å². The number of alkyl halides is 3. The smallest absolute Gasteiger partial charge is 0.344 e. The third kappa shape index (κ3) is 5.72. The summed E-state index contributed by atoms with van der Waals surface area (Å²) < 4.78 is 36.5. The zero-order valence-corrected chi connectivity index (χ0v) is 13.1. The van der Waals surface area contributed by atoms with E-state index < -0.39 is 12.1 Å². The van der Waals surface area contributed by atoms with E-state index in [9.17, 15) is 22.8 Å².